The van der Waals surface area contributed by atoms with Gasteiger partial charge in [-0.25, -0.2) is 0 Å². The highest BCUT2D eigenvalue weighted by Crippen LogP contribution is 2.14. The third kappa shape index (κ3) is 3.22. The van der Waals surface area contributed by atoms with E-state index in [-0.39, 0.29) is 0 Å². The topological polar surface area (TPSA) is 43.4 Å². The van der Waals surface area contributed by atoms with Crippen LogP contribution in [0, 0.1) is 5.41 Å². The molecule has 0 aliphatic heterocycles. The van der Waals surface area contributed by atoms with Crippen molar-refractivity contribution in [3.8, 4) is 0 Å². The van der Waals surface area contributed by atoms with Crippen LogP contribution in [0.4, 0.5) is 0 Å². The molecule has 0 saturated heterocycles. The Bertz CT molecular complexity index is 153. The molecule has 0 radical (unpaired) electrons. The van der Waals surface area contributed by atoms with Crippen molar-refractivity contribution < 1.29 is 14.3 Å². The standard InChI is InChI=1S/C7H12O3/c1-5(8)10-6(9)7(2,3)4/h1-4H3/i1+1,5+1. The van der Waals surface area contributed by atoms with Gasteiger partial charge in [0.15, 0.2) is 0 Å². The smallest absolute Gasteiger partial charge is 0.318 e. The summed E-state index contributed by atoms with van der Waals surface area (Å²) in [6.45, 7) is 6.29. The Balaban J connectivity index is 3.99. The van der Waals surface area contributed by atoms with Crippen molar-refractivity contribution in [3.63, 3.8) is 0 Å². The zero-order valence-corrected chi connectivity index (χ0v) is 6.72. The van der Waals surface area contributed by atoms with E-state index in [1.807, 2.05) is 0 Å². The number of esters is 2. The summed E-state index contributed by atoms with van der Waals surface area (Å²) >= 11 is 0. The van der Waals surface area contributed by atoms with Crippen molar-refractivity contribution in [1.29, 1.82) is 0 Å². The van der Waals surface area contributed by atoms with E-state index in [9.17, 15) is 9.59 Å². The minimum atomic E-state index is -0.592. The number of carbonyl (C=O) groups excluding carboxylic acids is 2. The van der Waals surface area contributed by atoms with Gasteiger partial charge in [0, 0.05) is 6.92 Å². The zero-order valence-electron chi connectivity index (χ0n) is 6.72. The van der Waals surface area contributed by atoms with Crippen LogP contribution in [0.3, 0.4) is 0 Å². The number of ether oxygens (including phenoxy) is 1. The van der Waals surface area contributed by atoms with Crippen molar-refractivity contribution in [2.75, 3.05) is 0 Å². The minimum Gasteiger partial charge on any atom is -0.393 e. The molecule has 0 rings (SSSR count). The molecule has 0 heterocycles. The predicted octanol–water partition coefficient (Wildman–Crippen LogP) is 1.12. The van der Waals surface area contributed by atoms with Crippen LogP contribution in [0.5, 0.6) is 0 Å². The lowest BCUT2D eigenvalue weighted by Gasteiger charge is -2.13. The average Bonchev–Trinajstić information content (AvgIpc) is 1.60. The van der Waals surface area contributed by atoms with Gasteiger partial charge in [0.05, 0.1) is 5.41 Å². The molecule has 3 nitrogen and oxygen atoms in total. The van der Waals surface area contributed by atoms with E-state index in [2.05, 4.69) is 4.74 Å². The molecule has 0 aliphatic rings. The highest BCUT2D eigenvalue weighted by molar-refractivity contribution is 5.87. The molecule has 0 unspecified atom stereocenters. The van der Waals surface area contributed by atoms with Crippen LogP contribution in [0.2, 0.25) is 0 Å². The number of hydrogen-bond donors (Lipinski definition) is 0. The Hall–Kier alpha value is -0.860. The SMILES string of the molecule is CC(C)(C)C(=O)O[13C]([13CH3])=O. The molecule has 0 saturated carbocycles. The Morgan fingerprint density at radius 1 is 1.20 bits per heavy atom. The minimum absolute atomic E-state index is 0.486. The molecule has 0 bridgehead atoms. The quantitative estimate of drug-likeness (QED) is 0.292. The molecule has 0 spiro atoms. The van der Waals surface area contributed by atoms with Crippen LogP contribution in [0.25, 0.3) is 0 Å². The first kappa shape index (κ1) is 9.14. The molecular weight excluding hydrogens is 134 g/mol. The maximum absolute atomic E-state index is 10.8. The third-order valence-electron chi connectivity index (χ3n) is 0.849. The molecule has 0 aliphatic carbocycles. The van der Waals surface area contributed by atoms with Gasteiger partial charge in [-0.2, -0.15) is 0 Å². The van der Waals surface area contributed by atoms with E-state index in [1.54, 1.807) is 20.8 Å². The highest BCUT2D eigenvalue weighted by Gasteiger charge is 2.24. The van der Waals surface area contributed by atoms with Gasteiger partial charge in [0.25, 0.3) is 0 Å². The molecule has 0 atom stereocenters. The Labute approximate surface area is 60.4 Å². The average molecular weight is 146 g/mol. The van der Waals surface area contributed by atoms with Crippen molar-refractivity contribution in [3.05, 3.63) is 0 Å². The van der Waals surface area contributed by atoms with E-state index in [1.165, 1.54) is 6.92 Å². The molecule has 3 heteroatoms. The normalized spacial score (nSPS) is 10.8. The predicted molar refractivity (Wildman–Crippen MR) is 36.2 cm³/mol. The Morgan fingerprint density at radius 3 is 1.70 bits per heavy atom. The summed E-state index contributed by atoms with van der Waals surface area (Å²) in [6.07, 6.45) is 0. The number of hydrogen-bond acceptors (Lipinski definition) is 3. The molecule has 0 N–H and O–H groups in total. The maximum Gasteiger partial charge on any atom is 0.318 e. The summed E-state index contributed by atoms with van der Waals surface area (Å²) in [6, 6.07) is 0. The monoisotopic (exact) mass is 146 g/mol. The summed E-state index contributed by atoms with van der Waals surface area (Å²) in [5.74, 6) is -1.04. The molecule has 0 amide bonds. The molecule has 0 aromatic carbocycles. The maximum atomic E-state index is 10.8. The second kappa shape index (κ2) is 2.82. The van der Waals surface area contributed by atoms with Gasteiger partial charge in [-0.15, -0.1) is 0 Å². The van der Waals surface area contributed by atoms with Crippen LogP contribution >= 0.6 is 0 Å². The number of carbonyl (C=O) groups is 2. The van der Waals surface area contributed by atoms with E-state index in [0.717, 1.165) is 0 Å². The summed E-state index contributed by atoms with van der Waals surface area (Å²) < 4.78 is 4.34. The summed E-state index contributed by atoms with van der Waals surface area (Å²) in [5, 5.41) is 0. The zero-order chi connectivity index (χ0) is 8.36. The second-order valence-electron chi connectivity index (χ2n) is 3.13. The van der Waals surface area contributed by atoms with Crippen LogP contribution in [0.1, 0.15) is 27.7 Å². The lowest BCUT2D eigenvalue weighted by atomic mass is 9.98. The second-order valence-corrected chi connectivity index (χ2v) is 3.13. The van der Waals surface area contributed by atoms with E-state index < -0.39 is 17.4 Å². The van der Waals surface area contributed by atoms with Gasteiger partial charge >= 0.3 is 11.9 Å². The fraction of sp³-hybridized carbons (Fsp3) is 0.714. The largest absolute Gasteiger partial charge is 0.393 e. The number of rotatable bonds is 0. The first-order valence-electron chi connectivity index (χ1n) is 3.07. The first-order chi connectivity index (χ1) is 4.34. The van der Waals surface area contributed by atoms with Gasteiger partial charge in [0.1, 0.15) is 0 Å². The fourth-order valence-electron chi connectivity index (χ4n) is 0.284. The lowest BCUT2D eigenvalue weighted by molar-refractivity contribution is -0.164. The molecule has 0 aromatic rings. The summed E-state index contributed by atoms with van der Waals surface area (Å²) in [4.78, 5) is 21.1. The summed E-state index contributed by atoms with van der Waals surface area (Å²) in [7, 11) is 0. The molecule has 0 aromatic heterocycles. The van der Waals surface area contributed by atoms with Crippen molar-refractivity contribution in [1.82, 2.24) is 0 Å². The lowest BCUT2D eigenvalue weighted by Crippen LogP contribution is -2.24. The molecule has 0 fully saturated rings. The van der Waals surface area contributed by atoms with Crippen LogP contribution < -0.4 is 0 Å². The fourth-order valence-corrected chi connectivity index (χ4v) is 0.284. The van der Waals surface area contributed by atoms with Crippen LogP contribution in [-0.2, 0) is 14.3 Å². The van der Waals surface area contributed by atoms with Gasteiger partial charge in [-0.05, 0) is 20.8 Å². The molecular formula is C7H12O3. The van der Waals surface area contributed by atoms with E-state index >= 15 is 0 Å². The Kier molecular flexibility index (Phi) is 2.57. The van der Waals surface area contributed by atoms with Crippen LogP contribution in [-0.4, -0.2) is 11.9 Å². The first-order valence-corrected chi connectivity index (χ1v) is 3.07. The molecule has 58 valence electrons. The van der Waals surface area contributed by atoms with Gasteiger partial charge < -0.3 is 4.74 Å². The van der Waals surface area contributed by atoms with E-state index in [0.29, 0.717) is 0 Å². The third-order valence-corrected chi connectivity index (χ3v) is 0.849. The molecule has 10 heavy (non-hydrogen) atoms. The van der Waals surface area contributed by atoms with Gasteiger partial charge in [-0.1, -0.05) is 0 Å². The summed E-state index contributed by atoms with van der Waals surface area (Å²) in [5.41, 5.74) is -0.592. The van der Waals surface area contributed by atoms with Gasteiger partial charge in [0.2, 0.25) is 0 Å². The van der Waals surface area contributed by atoms with Gasteiger partial charge in [-0.3, -0.25) is 9.59 Å². The Morgan fingerprint density at radius 2 is 1.60 bits per heavy atom. The van der Waals surface area contributed by atoms with E-state index in [4.69, 9.17) is 0 Å². The highest BCUT2D eigenvalue weighted by atomic mass is 16.7. The van der Waals surface area contributed by atoms with Crippen molar-refractivity contribution in [2.24, 2.45) is 5.41 Å². The van der Waals surface area contributed by atoms with Crippen molar-refractivity contribution in [2.45, 2.75) is 27.7 Å². The van der Waals surface area contributed by atoms with Crippen LogP contribution in [0.15, 0.2) is 0 Å². The van der Waals surface area contributed by atoms with Crippen molar-refractivity contribution >= 4 is 11.9 Å².